The van der Waals surface area contributed by atoms with Gasteiger partial charge < -0.3 is 11.1 Å². The van der Waals surface area contributed by atoms with Crippen molar-refractivity contribution in [1.29, 1.82) is 0 Å². The molecule has 1 aliphatic rings. The minimum atomic E-state index is 0. The lowest BCUT2D eigenvalue weighted by Crippen LogP contribution is -2.44. The van der Waals surface area contributed by atoms with E-state index in [1.54, 1.807) is 0 Å². The fourth-order valence-corrected chi connectivity index (χ4v) is 3.36. The van der Waals surface area contributed by atoms with Crippen molar-refractivity contribution in [3.8, 4) is 0 Å². The van der Waals surface area contributed by atoms with Crippen LogP contribution in [0.25, 0.3) is 0 Å². The first kappa shape index (κ1) is 20.8. The predicted octanol–water partition coefficient (Wildman–Crippen LogP) is 4.78. The lowest BCUT2D eigenvalue weighted by Gasteiger charge is -2.35. The van der Waals surface area contributed by atoms with Gasteiger partial charge in [-0.2, -0.15) is 0 Å². The van der Waals surface area contributed by atoms with Gasteiger partial charge in [0, 0.05) is 6.04 Å². The lowest BCUT2D eigenvalue weighted by molar-refractivity contribution is 0.210. The van der Waals surface area contributed by atoms with E-state index in [0.717, 1.165) is 0 Å². The minimum absolute atomic E-state index is 0. The van der Waals surface area contributed by atoms with Crippen LogP contribution in [0.4, 0.5) is 0 Å². The van der Waals surface area contributed by atoms with Crippen LogP contribution in [-0.4, -0.2) is 12.0 Å². The molecule has 0 aromatic heterocycles. The zero-order valence-electron chi connectivity index (χ0n) is 15.9. The van der Waals surface area contributed by atoms with E-state index in [1.165, 1.54) is 36.8 Å². The normalized spacial score (nSPS) is 21.0. The number of rotatable bonds is 3. The number of nitrogens with one attached hydrogen (secondary N) is 1. The van der Waals surface area contributed by atoms with Crippen LogP contribution in [0.5, 0.6) is 0 Å². The second-order valence-electron chi connectivity index (χ2n) is 8.75. The Bertz CT molecular complexity index is 541. The summed E-state index contributed by atoms with van der Waals surface area (Å²) in [6.45, 7) is 12.0. The maximum absolute atomic E-state index is 6.08. The van der Waals surface area contributed by atoms with E-state index in [0.29, 0.717) is 24.0 Å². The zero-order valence-corrected chi connectivity index (χ0v) is 16.7. The topological polar surface area (TPSA) is 50.4 Å². The molecule has 0 spiro atoms. The molecule has 1 aliphatic carbocycles. The van der Waals surface area contributed by atoms with Gasteiger partial charge in [0.2, 0.25) is 0 Å². The van der Waals surface area contributed by atoms with E-state index >= 15 is 0 Å². The summed E-state index contributed by atoms with van der Waals surface area (Å²) in [5, 5.41) is 3.41. The average molecular weight is 352 g/mol. The summed E-state index contributed by atoms with van der Waals surface area (Å²) >= 11 is 0. The highest BCUT2D eigenvalue weighted by Gasteiger charge is 2.27. The molecule has 0 heterocycles. The van der Waals surface area contributed by atoms with Gasteiger partial charge in [0.15, 0.2) is 5.96 Å². The first-order valence-corrected chi connectivity index (χ1v) is 8.82. The maximum atomic E-state index is 6.08. The minimum Gasteiger partial charge on any atom is -0.370 e. The lowest BCUT2D eigenvalue weighted by atomic mass is 9.75. The van der Waals surface area contributed by atoms with Gasteiger partial charge in [-0.15, -0.1) is 12.4 Å². The van der Waals surface area contributed by atoms with Crippen LogP contribution in [0.15, 0.2) is 29.3 Å². The maximum Gasteiger partial charge on any atom is 0.189 e. The van der Waals surface area contributed by atoms with Crippen molar-refractivity contribution in [1.82, 2.24) is 5.32 Å². The second-order valence-corrected chi connectivity index (χ2v) is 8.75. The Kier molecular flexibility index (Phi) is 7.15. The van der Waals surface area contributed by atoms with E-state index < -0.39 is 0 Å². The third-order valence-electron chi connectivity index (χ3n) is 4.81. The van der Waals surface area contributed by atoms with Gasteiger partial charge in [0.05, 0.1) is 6.54 Å². The highest BCUT2D eigenvalue weighted by molar-refractivity contribution is 5.85. The highest BCUT2D eigenvalue weighted by Crippen LogP contribution is 2.34. The summed E-state index contributed by atoms with van der Waals surface area (Å²) in [5.74, 6) is 0.576. The van der Waals surface area contributed by atoms with E-state index in [4.69, 9.17) is 5.73 Å². The number of benzene rings is 1. The third-order valence-corrected chi connectivity index (χ3v) is 4.81. The SMILES string of the molecule is CC1(C)CCCC(NC(N)=NCc2ccc(C(C)(C)C)cc2)C1.Cl. The molecule has 4 heteroatoms. The van der Waals surface area contributed by atoms with Crippen molar-refractivity contribution in [2.24, 2.45) is 16.1 Å². The number of guanidine groups is 1. The molecule has 1 aromatic rings. The van der Waals surface area contributed by atoms with Crippen LogP contribution in [0.1, 0.15) is 71.4 Å². The Morgan fingerprint density at radius 2 is 1.88 bits per heavy atom. The van der Waals surface area contributed by atoms with Crippen molar-refractivity contribution in [2.75, 3.05) is 0 Å². The quantitative estimate of drug-likeness (QED) is 0.608. The molecule has 0 amide bonds. The Balaban J connectivity index is 0.00000288. The molecule has 1 atom stereocenters. The van der Waals surface area contributed by atoms with Crippen LogP contribution in [0.2, 0.25) is 0 Å². The molecule has 1 saturated carbocycles. The van der Waals surface area contributed by atoms with Crippen molar-refractivity contribution < 1.29 is 0 Å². The number of hydrogen-bond acceptors (Lipinski definition) is 1. The Hall–Kier alpha value is -1.22. The molecule has 136 valence electrons. The Morgan fingerprint density at radius 1 is 1.25 bits per heavy atom. The summed E-state index contributed by atoms with van der Waals surface area (Å²) in [5.41, 5.74) is 9.23. The van der Waals surface area contributed by atoms with Gasteiger partial charge in [-0.1, -0.05) is 65.3 Å². The van der Waals surface area contributed by atoms with Crippen molar-refractivity contribution in [3.63, 3.8) is 0 Å². The number of nitrogens with zero attached hydrogens (tertiary/aromatic N) is 1. The van der Waals surface area contributed by atoms with Crippen LogP contribution in [0.3, 0.4) is 0 Å². The molecule has 3 N–H and O–H groups in total. The first-order chi connectivity index (χ1) is 10.7. The molecular weight excluding hydrogens is 318 g/mol. The van der Waals surface area contributed by atoms with Crippen molar-refractivity contribution in [3.05, 3.63) is 35.4 Å². The molecule has 1 aromatic carbocycles. The average Bonchev–Trinajstić information content (AvgIpc) is 2.43. The standard InChI is InChI=1S/C20H33N3.ClH/c1-19(2,3)16-10-8-15(9-11-16)14-22-18(21)23-17-7-6-12-20(4,5)13-17;/h8-11,17H,6-7,12-14H2,1-5H3,(H3,21,22,23);1H. The molecule has 24 heavy (non-hydrogen) atoms. The third kappa shape index (κ3) is 6.35. The number of aliphatic imine (C=N–C) groups is 1. The summed E-state index contributed by atoms with van der Waals surface area (Å²) in [6.07, 6.45) is 4.94. The van der Waals surface area contributed by atoms with Gasteiger partial charge in [0.25, 0.3) is 0 Å². The number of hydrogen-bond donors (Lipinski definition) is 2. The highest BCUT2D eigenvalue weighted by atomic mass is 35.5. The number of halogens is 1. The van der Waals surface area contributed by atoms with Crippen molar-refractivity contribution >= 4 is 18.4 Å². The molecule has 3 nitrogen and oxygen atoms in total. The molecule has 0 radical (unpaired) electrons. The molecule has 0 bridgehead atoms. The molecule has 2 rings (SSSR count). The monoisotopic (exact) mass is 351 g/mol. The predicted molar refractivity (Wildman–Crippen MR) is 107 cm³/mol. The molecule has 1 unspecified atom stereocenters. The molecule has 0 aliphatic heterocycles. The largest absolute Gasteiger partial charge is 0.370 e. The first-order valence-electron chi connectivity index (χ1n) is 8.82. The van der Waals surface area contributed by atoms with Gasteiger partial charge >= 0.3 is 0 Å². The van der Waals surface area contributed by atoms with Gasteiger partial charge in [-0.25, -0.2) is 4.99 Å². The summed E-state index contributed by atoms with van der Waals surface area (Å²) < 4.78 is 0. The molecular formula is C20H34ClN3. The Labute approximate surface area is 153 Å². The van der Waals surface area contributed by atoms with E-state index in [2.05, 4.69) is 69.2 Å². The fourth-order valence-electron chi connectivity index (χ4n) is 3.36. The van der Waals surface area contributed by atoms with Crippen molar-refractivity contribution in [2.45, 2.75) is 78.3 Å². The molecule has 1 fully saturated rings. The summed E-state index contributed by atoms with van der Waals surface area (Å²) in [6, 6.07) is 9.16. The summed E-state index contributed by atoms with van der Waals surface area (Å²) in [4.78, 5) is 4.51. The number of nitrogens with two attached hydrogens (primary N) is 1. The van der Waals surface area contributed by atoms with Crippen LogP contribution in [-0.2, 0) is 12.0 Å². The van der Waals surface area contributed by atoms with E-state index in [9.17, 15) is 0 Å². The van der Waals surface area contributed by atoms with E-state index in [1.807, 2.05) is 0 Å². The Morgan fingerprint density at radius 3 is 2.42 bits per heavy atom. The van der Waals surface area contributed by atoms with Gasteiger partial charge in [-0.05, 0) is 41.2 Å². The summed E-state index contributed by atoms with van der Waals surface area (Å²) in [7, 11) is 0. The smallest absolute Gasteiger partial charge is 0.189 e. The van der Waals surface area contributed by atoms with Crippen LogP contribution in [0, 0.1) is 5.41 Å². The zero-order chi connectivity index (χ0) is 17.1. The second kappa shape index (κ2) is 8.24. The van der Waals surface area contributed by atoms with Crippen LogP contribution < -0.4 is 11.1 Å². The van der Waals surface area contributed by atoms with Gasteiger partial charge in [0.1, 0.15) is 0 Å². The van der Waals surface area contributed by atoms with Crippen LogP contribution >= 0.6 is 12.4 Å². The fraction of sp³-hybridized carbons (Fsp3) is 0.650. The van der Waals surface area contributed by atoms with E-state index in [-0.39, 0.29) is 17.8 Å². The van der Waals surface area contributed by atoms with Gasteiger partial charge in [-0.3, -0.25) is 0 Å². The molecule has 0 saturated heterocycles.